The van der Waals surface area contributed by atoms with E-state index in [2.05, 4.69) is 4.98 Å². The molecule has 1 heterocycles. The van der Waals surface area contributed by atoms with E-state index in [4.69, 9.17) is 4.74 Å². The molecule has 1 N–H and O–H groups in total. The van der Waals surface area contributed by atoms with Gasteiger partial charge >= 0.3 is 0 Å². The van der Waals surface area contributed by atoms with Gasteiger partial charge in [-0.05, 0) is 24.3 Å². The van der Waals surface area contributed by atoms with Crippen molar-refractivity contribution in [3.63, 3.8) is 0 Å². The number of aromatic hydroxyl groups is 1. The van der Waals surface area contributed by atoms with Crippen LogP contribution in [0.5, 0.6) is 11.5 Å². The van der Waals surface area contributed by atoms with Crippen molar-refractivity contribution in [2.45, 2.75) is 20.0 Å². The zero-order chi connectivity index (χ0) is 16.2. The summed E-state index contributed by atoms with van der Waals surface area (Å²) in [7, 11) is 0. The number of nitrogens with zero attached hydrogens (tertiary/aromatic N) is 1. The van der Waals surface area contributed by atoms with Gasteiger partial charge in [0.15, 0.2) is 5.78 Å². The molecule has 0 atom stereocenters. The zero-order valence-electron chi connectivity index (χ0n) is 12.8. The van der Waals surface area contributed by atoms with Gasteiger partial charge in [-0.1, -0.05) is 31.2 Å². The van der Waals surface area contributed by atoms with Crippen LogP contribution in [0.1, 0.15) is 29.4 Å². The van der Waals surface area contributed by atoms with Crippen LogP contribution in [0.15, 0.2) is 54.6 Å². The standard InChI is InChI=1S/C19H17NO3/c1-2-18(21)16-10-9-15(11-19(16)22)23-12-14-8-7-13-5-3-4-6-17(13)20-14/h3-11,22H,2,12H2,1H3. The van der Waals surface area contributed by atoms with Crippen LogP contribution in [-0.2, 0) is 6.61 Å². The molecular weight excluding hydrogens is 290 g/mol. The number of benzene rings is 2. The highest BCUT2D eigenvalue weighted by Gasteiger charge is 2.10. The second-order valence-electron chi connectivity index (χ2n) is 5.24. The van der Waals surface area contributed by atoms with Gasteiger partial charge in [0, 0.05) is 17.9 Å². The molecule has 2 aromatic carbocycles. The minimum atomic E-state index is -0.0924. The lowest BCUT2D eigenvalue weighted by Gasteiger charge is -2.09. The van der Waals surface area contributed by atoms with Crippen LogP contribution in [0.4, 0.5) is 0 Å². The van der Waals surface area contributed by atoms with Crippen LogP contribution >= 0.6 is 0 Å². The van der Waals surface area contributed by atoms with Gasteiger partial charge in [0.1, 0.15) is 18.1 Å². The summed E-state index contributed by atoms with van der Waals surface area (Å²) in [6.07, 6.45) is 0.356. The van der Waals surface area contributed by atoms with E-state index in [1.807, 2.05) is 36.4 Å². The number of phenolic OH excluding ortho intramolecular Hbond substituents is 1. The number of para-hydroxylation sites is 1. The molecule has 1 aromatic heterocycles. The second kappa shape index (κ2) is 6.48. The summed E-state index contributed by atoms with van der Waals surface area (Å²) < 4.78 is 5.66. The van der Waals surface area contributed by atoms with E-state index in [9.17, 15) is 9.90 Å². The number of ether oxygens (including phenoxy) is 1. The summed E-state index contributed by atoms with van der Waals surface area (Å²) in [4.78, 5) is 16.2. The van der Waals surface area contributed by atoms with Gasteiger partial charge in [0.05, 0.1) is 16.8 Å². The Morgan fingerprint density at radius 1 is 1.13 bits per heavy atom. The van der Waals surface area contributed by atoms with E-state index in [0.717, 1.165) is 16.6 Å². The Kier molecular flexibility index (Phi) is 4.24. The number of pyridine rings is 1. The van der Waals surface area contributed by atoms with E-state index in [1.165, 1.54) is 6.07 Å². The number of aromatic nitrogens is 1. The molecule has 0 saturated carbocycles. The van der Waals surface area contributed by atoms with Crippen LogP contribution in [0, 0.1) is 0 Å². The van der Waals surface area contributed by atoms with Crippen LogP contribution in [0.3, 0.4) is 0 Å². The van der Waals surface area contributed by atoms with Gasteiger partial charge in [-0.3, -0.25) is 4.79 Å². The fraction of sp³-hybridized carbons (Fsp3) is 0.158. The molecular formula is C19H17NO3. The molecule has 0 spiro atoms. The van der Waals surface area contributed by atoms with Gasteiger partial charge in [0.2, 0.25) is 0 Å². The average Bonchev–Trinajstić information content (AvgIpc) is 2.59. The predicted molar refractivity (Wildman–Crippen MR) is 88.8 cm³/mol. The molecule has 3 rings (SSSR count). The number of ketones is 1. The lowest BCUT2D eigenvalue weighted by atomic mass is 10.1. The Labute approximate surface area is 134 Å². The Morgan fingerprint density at radius 3 is 2.74 bits per heavy atom. The van der Waals surface area contributed by atoms with Crippen LogP contribution in [0.25, 0.3) is 10.9 Å². The first-order valence-electron chi connectivity index (χ1n) is 7.51. The Balaban J connectivity index is 1.74. The molecule has 0 fully saturated rings. The number of Topliss-reactive ketones (excluding diaryl/α,β-unsaturated/α-hetero) is 1. The highest BCUT2D eigenvalue weighted by Crippen LogP contribution is 2.25. The fourth-order valence-corrected chi connectivity index (χ4v) is 2.37. The van der Waals surface area contributed by atoms with E-state index < -0.39 is 0 Å². The summed E-state index contributed by atoms with van der Waals surface area (Å²) in [5.41, 5.74) is 2.04. The first-order chi connectivity index (χ1) is 11.2. The number of rotatable bonds is 5. The molecule has 0 aliphatic heterocycles. The highest BCUT2D eigenvalue weighted by atomic mass is 16.5. The molecule has 0 unspecified atom stereocenters. The van der Waals surface area contributed by atoms with Crippen molar-refractivity contribution in [2.75, 3.05) is 0 Å². The molecule has 116 valence electrons. The molecule has 0 amide bonds. The van der Waals surface area contributed by atoms with Crippen molar-refractivity contribution < 1.29 is 14.6 Å². The quantitative estimate of drug-likeness (QED) is 0.721. The van der Waals surface area contributed by atoms with Crippen molar-refractivity contribution in [1.29, 1.82) is 0 Å². The first-order valence-corrected chi connectivity index (χ1v) is 7.51. The van der Waals surface area contributed by atoms with Crippen molar-refractivity contribution in [3.05, 3.63) is 65.9 Å². The van der Waals surface area contributed by atoms with E-state index in [1.54, 1.807) is 19.1 Å². The third-order valence-electron chi connectivity index (χ3n) is 3.63. The van der Waals surface area contributed by atoms with Gasteiger partial charge in [-0.25, -0.2) is 4.98 Å². The summed E-state index contributed by atoms with van der Waals surface area (Å²) in [5, 5.41) is 11.0. The fourth-order valence-electron chi connectivity index (χ4n) is 2.37. The molecule has 0 radical (unpaired) electrons. The van der Waals surface area contributed by atoms with E-state index >= 15 is 0 Å². The van der Waals surface area contributed by atoms with Crippen LogP contribution in [0.2, 0.25) is 0 Å². The smallest absolute Gasteiger partial charge is 0.166 e. The lowest BCUT2D eigenvalue weighted by molar-refractivity contribution is 0.0985. The van der Waals surface area contributed by atoms with Crippen LogP contribution in [-0.4, -0.2) is 15.9 Å². The number of carbonyl (C=O) groups is 1. The Morgan fingerprint density at radius 2 is 1.96 bits per heavy atom. The summed E-state index contributed by atoms with van der Waals surface area (Å²) >= 11 is 0. The van der Waals surface area contributed by atoms with Crippen molar-refractivity contribution in [3.8, 4) is 11.5 Å². The summed E-state index contributed by atoms with van der Waals surface area (Å²) in [5.74, 6) is 0.358. The third-order valence-corrected chi connectivity index (χ3v) is 3.63. The number of fused-ring (bicyclic) bond motifs is 1. The molecule has 3 aromatic rings. The van der Waals surface area contributed by atoms with Crippen molar-refractivity contribution in [1.82, 2.24) is 4.98 Å². The van der Waals surface area contributed by atoms with Gasteiger partial charge in [-0.2, -0.15) is 0 Å². The third kappa shape index (κ3) is 3.31. The van der Waals surface area contributed by atoms with E-state index in [0.29, 0.717) is 24.3 Å². The minimum Gasteiger partial charge on any atom is -0.507 e. The largest absolute Gasteiger partial charge is 0.507 e. The maximum Gasteiger partial charge on any atom is 0.166 e. The summed E-state index contributed by atoms with van der Waals surface area (Å²) in [6.45, 7) is 2.06. The number of hydrogen-bond donors (Lipinski definition) is 1. The molecule has 23 heavy (non-hydrogen) atoms. The maximum absolute atomic E-state index is 11.6. The lowest BCUT2D eigenvalue weighted by Crippen LogP contribution is -2.00. The average molecular weight is 307 g/mol. The Bertz CT molecular complexity index is 858. The predicted octanol–water partition coefficient (Wildman–Crippen LogP) is 4.11. The number of carbonyl (C=O) groups excluding carboxylic acids is 1. The molecule has 4 heteroatoms. The number of hydrogen-bond acceptors (Lipinski definition) is 4. The van der Waals surface area contributed by atoms with Crippen molar-refractivity contribution >= 4 is 16.7 Å². The van der Waals surface area contributed by atoms with Crippen LogP contribution < -0.4 is 4.74 Å². The van der Waals surface area contributed by atoms with E-state index in [-0.39, 0.29) is 11.5 Å². The monoisotopic (exact) mass is 307 g/mol. The Hall–Kier alpha value is -2.88. The molecule has 0 bridgehead atoms. The topological polar surface area (TPSA) is 59.4 Å². The zero-order valence-corrected chi connectivity index (χ0v) is 12.8. The number of phenols is 1. The molecule has 4 nitrogen and oxygen atoms in total. The van der Waals surface area contributed by atoms with Gasteiger partial charge in [0.25, 0.3) is 0 Å². The second-order valence-corrected chi connectivity index (χ2v) is 5.24. The van der Waals surface area contributed by atoms with Crippen molar-refractivity contribution in [2.24, 2.45) is 0 Å². The SMILES string of the molecule is CCC(=O)c1ccc(OCc2ccc3ccccc3n2)cc1O. The molecule has 0 aliphatic rings. The molecule has 0 saturated heterocycles. The van der Waals surface area contributed by atoms with Gasteiger partial charge < -0.3 is 9.84 Å². The highest BCUT2D eigenvalue weighted by molar-refractivity contribution is 5.98. The minimum absolute atomic E-state index is 0.0548. The summed E-state index contributed by atoms with van der Waals surface area (Å²) in [6, 6.07) is 16.5. The normalized spacial score (nSPS) is 10.7. The molecule has 0 aliphatic carbocycles. The van der Waals surface area contributed by atoms with Gasteiger partial charge in [-0.15, -0.1) is 0 Å². The first kappa shape index (κ1) is 15.0. The maximum atomic E-state index is 11.6.